The van der Waals surface area contributed by atoms with Crippen LogP contribution in [0.25, 0.3) is 0 Å². The molecule has 0 aliphatic carbocycles. The third-order valence-electron chi connectivity index (χ3n) is 1.40. The fraction of sp³-hybridized carbons (Fsp3) is 0.500. The Morgan fingerprint density at radius 1 is 1.58 bits per heavy atom. The third-order valence-corrected chi connectivity index (χ3v) is 1.40. The van der Waals surface area contributed by atoms with Crippen molar-refractivity contribution in [1.82, 2.24) is 10.2 Å². The Labute approximate surface area is 66.8 Å². The van der Waals surface area contributed by atoms with Gasteiger partial charge in [-0.15, -0.1) is 0 Å². The van der Waals surface area contributed by atoms with Crippen LogP contribution in [0.4, 0.5) is 13.2 Å². The normalized spacial score (nSPS) is 14.8. The summed E-state index contributed by atoms with van der Waals surface area (Å²) >= 11 is 0. The average molecular weight is 179 g/mol. The van der Waals surface area contributed by atoms with Crippen molar-refractivity contribution in [3.05, 3.63) is 17.5 Å². The van der Waals surface area contributed by atoms with Gasteiger partial charge in [-0.1, -0.05) is 0 Å². The Morgan fingerprint density at radius 2 is 2.17 bits per heavy atom. The van der Waals surface area contributed by atoms with E-state index in [-0.39, 0.29) is 5.69 Å². The smallest absolute Gasteiger partial charge is 0.315 e. The average Bonchev–Trinajstić information content (AvgIpc) is 2.32. The van der Waals surface area contributed by atoms with Crippen molar-refractivity contribution in [3.8, 4) is 0 Å². The summed E-state index contributed by atoms with van der Waals surface area (Å²) in [6, 6.07) is -0.722. The van der Waals surface area contributed by atoms with Crippen molar-refractivity contribution >= 4 is 0 Å². The fourth-order valence-corrected chi connectivity index (χ4v) is 0.766. The van der Waals surface area contributed by atoms with Gasteiger partial charge >= 0.3 is 6.18 Å². The van der Waals surface area contributed by atoms with E-state index in [1.54, 1.807) is 6.92 Å². The standard InChI is InChI=1S/C6H8F3N3/c1-3-2-4(12-11-3)5(10)6(7,8)9/h2,5H,10H2,1H3,(H,11,12). The minimum absolute atomic E-state index is 0.181. The summed E-state index contributed by atoms with van der Waals surface area (Å²) in [5.74, 6) is 0. The van der Waals surface area contributed by atoms with E-state index in [1.165, 1.54) is 6.07 Å². The van der Waals surface area contributed by atoms with Crippen LogP contribution in [0.1, 0.15) is 17.4 Å². The molecule has 0 fully saturated rings. The van der Waals surface area contributed by atoms with E-state index < -0.39 is 12.2 Å². The molecule has 6 heteroatoms. The second-order valence-electron chi connectivity index (χ2n) is 2.50. The first-order valence-corrected chi connectivity index (χ1v) is 3.25. The van der Waals surface area contributed by atoms with Crippen LogP contribution in [0.15, 0.2) is 6.07 Å². The van der Waals surface area contributed by atoms with Crippen LogP contribution in [0.3, 0.4) is 0 Å². The number of H-pyrrole nitrogens is 1. The molecule has 0 spiro atoms. The maximum absolute atomic E-state index is 12.0. The number of aromatic nitrogens is 2. The number of rotatable bonds is 1. The number of hydrogen-bond acceptors (Lipinski definition) is 2. The molecule has 0 bridgehead atoms. The molecule has 1 atom stereocenters. The van der Waals surface area contributed by atoms with Crippen molar-refractivity contribution in [1.29, 1.82) is 0 Å². The van der Waals surface area contributed by atoms with Crippen LogP contribution < -0.4 is 5.73 Å². The van der Waals surface area contributed by atoms with E-state index in [4.69, 9.17) is 5.73 Å². The lowest BCUT2D eigenvalue weighted by Gasteiger charge is -2.11. The van der Waals surface area contributed by atoms with Gasteiger partial charge in [-0.2, -0.15) is 18.3 Å². The van der Waals surface area contributed by atoms with E-state index in [1.807, 2.05) is 0 Å². The summed E-state index contributed by atoms with van der Waals surface area (Å²) in [4.78, 5) is 0. The molecule has 1 aromatic heterocycles. The molecule has 0 aliphatic rings. The molecule has 68 valence electrons. The van der Waals surface area contributed by atoms with Crippen LogP contribution in [0, 0.1) is 6.92 Å². The number of nitrogens with zero attached hydrogens (tertiary/aromatic N) is 1. The van der Waals surface area contributed by atoms with Gasteiger partial charge in [0.1, 0.15) is 6.04 Å². The Balaban J connectivity index is 2.85. The maximum atomic E-state index is 12.0. The SMILES string of the molecule is Cc1cc(C(N)C(F)(F)F)n[nH]1. The molecule has 1 unspecified atom stereocenters. The van der Waals surface area contributed by atoms with Crippen LogP contribution in [-0.2, 0) is 0 Å². The zero-order chi connectivity index (χ0) is 9.35. The Hall–Kier alpha value is -1.04. The molecule has 0 saturated carbocycles. The fourth-order valence-electron chi connectivity index (χ4n) is 0.766. The first-order valence-electron chi connectivity index (χ1n) is 3.25. The molecule has 0 radical (unpaired) electrons. The highest BCUT2D eigenvalue weighted by molar-refractivity contribution is 5.12. The van der Waals surface area contributed by atoms with Crippen molar-refractivity contribution in [2.24, 2.45) is 5.73 Å². The number of hydrogen-bond donors (Lipinski definition) is 2. The van der Waals surface area contributed by atoms with E-state index in [0.717, 1.165) is 0 Å². The topological polar surface area (TPSA) is 54.7 Å². The van der Waals surface area contributed by atoms with Gasteiger partial charge in [0.15, 0.2) is 0 Å². The lowest BCUT2D eigenvalue weighted by atomic mass is 10.2. The highest BCUT2D eigenvalue weighted by Gasteiger charge is 2.39. The molecule has 1 rings (SSSR count). The summed E-state index contributed by atoms with van der Waals surface area (Å²) in [6.07, 6.45) is -4.43. The largest absolute Gasteiger partial charge is 0.409 e. The van der Waals surface area contributed by atoms with Gasteiger partial charge < -0.3 is 5.73 Å². The molecule has 3 N–H and O–H groups in total. The van der Waals surface area contributed by atoms with Gasteiger partial charge in [0, 0.05) is 5.69 Å². The van der Waals surface area contributed by atoms with Crippen molar-refractivity contribution in [2.45, 2.75) is 19.1 Å². The highest BCUT2D eigenvalue weighted by Crippen LogP contribution is 2.29. The van der Waals surface area contributed by atoms with Gasteiger partial charge in [-0.05, 0) is 13.0 Å². The van der Waals surface area contributed by atoms with Gasteiger partial charge in [-0.3, -0.25) is 5.10 Å². The van der Waals surface area contributed by atoms with Gasteiger partial charge in [0.05, 0.1) is 5.69 Å². The summed E-state index contributed by atoms with van der Waals surface area (Å²) < 4.78 is 35.9. The monoisotopic (exact) mass is 179 g/mol. The molecule has 1 aromatic rings. The van der Waals surface area contributed by atoms with E-state index in [2.05, 4.69) is 10.2 Å². The van der Waals surface area contributed by atoms with E-state index >= 15 is 0 Å². The second-order valence-corrected chi connectivity index (χ2v) is 2.50. The molecular formula is C6H8F3N3. The molecule has 3 nitrogen and oxygen atoms in total. The second kappa shape index (κ2) is 2.78. The Bertz CT molecular complexity index is 265. The van der Waals surface area contributed by atoms with Crippen LogP contribution in [-0.4, -0.2) is 16.4 Å². The zero-order valence-corrected chi connectivity index (χ0v) is 6.31. The highest BCUT2D eigenvalue weighted by atomic mass is 19.4. The van der Waals surface area contributed by atoms with Gasteiger partial charge in [0.2, 0.25) is 0 Å². The lowest BCUT2D eigenvalue weighted by Crippen LogP contribution is -2.28. The minimum atomic E-state index is -4.43. The van der Waals surface area contributed by atoms with Gasteiger partial charge in [0.25, 0.3) is 0 Å². The minimum Gasteiger partial charge on any atom is -0.315 e. The Morgan fingerprint density at radius 3 is 2.50 bits per heavy atom. The van der Waals surface area contributed by atoms with Crippen LogP contribution in [0.5, 0.6) is 0 Å². The third kappa shape index (κ3) is 1.76. The number of aromatic amines is 1. The number of nitrogens with two attached hydrogens (primary N) is 1. The molecule has 0 amide bonds. The molecule has 12 heavy (non-hydrogen) atoms. The first-order chi connectivity index (χ1) is 5.41. The van der Waals surface area contributed by atoms with E-state index in [0.29, 0.717) is 5.69 Å². The van der Waals surface area contributed by atoms with Crippen LogP contribution >= 0.6 is 0 Å². The lowest BCUT2D eigenvalue weighted by molar-refractivity contribution is -0.150. The molecule has 1 heterocycles. The Kier molecular flexibility index (Phi) is 2.10. The van der Waals surface area contributed by atoms with Crippen molar-refractivity contribution in [2.75, 3.05) is 0 Å². The zero-order valence-electron chi connectivity index (χ0n) is 6.31. The predicted octanol–water partition coefficient (Wildman–Crippen LogP) is 1.28. The number of alkyl halides is 3. The van der Waals surface area contributed by atoms with Gasteiger partial charge in [-0.25, -0.2) is 0 Å². The maximum Gasteiger partial charge on any atom is 0.409 e. The van der Waals surface area contributed by atoms with Crippen LogP contribution in [0.2, 0.25) is 0 Å². The number of halogens is 3. The molecule has 0 saturated heterocycles. The predicted molar refractivity (Wildman–Crippen MR) is 36.3 cm³/mol. The molecule has 0 aromatic carbocycles. The van der Waals surface area contributed by atoms with Crippen molar-refractivity contribution < 1.29 is 13.2 Å². The van der Waals surface area contributed by atoms with E-state index in [9.17, 15) is 13.2 Å². The summed E-state index contributed by atoms with van der Waals surface area (Å²) in [6.45, 7) is 1.61. The number of nitrogens with one attached hydrogen (secondary N) is 1. The first kappa shape index (κ1) is 9.05. The quantitative estimate of drug-likeness (QED) is 0.682. The molecular weight excluding hydrogens is 171 g/mol. The van der Waals surface area contributed by atoms with Crippen molar-refractivity contribution in [3.63, 3.8) is 0 Å². The summed E-state index contributed by atoms with van der Waals surface area (Å²) in [7, 11) is 0. The summed E-state index contributed by atoms with van der Waals surface area (Å²) in [5, 5.41) is 5.80. The summed E-state index contributed by atoms with van der Waals surface area (Å²) in [5.41, 5.74) is 5.26. The number of aryl methyl sites for hydroxylation is 1. The molecule has 0 aliphatic heterocycles.